The summed E-state index contributed by atoms with van der Waals surface area (Å²) in [6, 6.07) is 12.9. The molecule has 0 unspecified atom stereocenters. The molecule has 0 fully saturated rings. The number of hydrogen-bond donors (Lipinski definition) is 2. The van der Waals surface area contributed by atoms with E-state index in [4.69, 9.17) is 32.5 Å². The van der Waals surface area contributed by atoms with Gasteiger partial charge in [-0.25, -0.2) is 0 Å². The van der Waals surface area contributed by atoms with E-state index in [-0.39, 0.29) is 6.61 Å². The fourth-order valence-corrected chi connectivity index (χ4v) is 1.99. The van der Waals surface area contributed by atoms with E-state index in [1.54, 1.807) is 25.3 Å². The first-order valence-corrected chi connectivity index (χ1v) is 6.84. The van der Waals surface area contributed by atoms with Gasteiger partial charge in [0.15, 0.2) is 11.5 Å². The van der Waals surface area contributed by atoms with Crippen molar-refractivity contribution in [2.75, 3.05) is 7.11 Å². The molecule has 0 radical (unpaired) electrons. The normalized spacial score (nSPS) is 10.2. The van der Waals surface area contributed by atoms with Crippen molar-refractivity contribution in [1.82, 2.24) is 0 Å². The van der Waals surface area contributed by atoms with Crippen LogP contribution in [0.3, 0.4) is 0 Å². The van der Waals surface area contributed by atoms with Crippen molar-refractivity contribution in [3.63, 3.8) is 0 Å². The molecule has 2 aromatic carbocycles. The van der Waals surface area contributed by atoms with Crippen LogP contribution in [0, 0.1) is 0 Å². The summed E-state index contributed by atoms with van der Waals surface area (Å²) >= 11 is 4.91. The molecule has 0 spiro atoms. The molecule has 4 nitrogen and oxygen atoms in total. The number of thiocarbonyl (C=S) groups is 1. The zero-order chi connectivity index (χ0) is 15.2. The fourth-order valence-electron chi connectivity index (χ4n) is 1.86. The van der Waals surface area contributed by atoms with Crippen LogP contribution in [0.2, 0.25) is 0 Å². The molecule has 3 N–H and O–H groups in total. The molecule has 0 bridgehead atoms. The van der Waals surface area contributed by atoms with Crippen molar-refractivity contribution in [3.8, 4) is 11.5 Å². The van der Waals surface area contributed by atoms with Crippen LogP contribution in [0.1, 0.15) is 16.7 Å². The molecular formula is C16H17NO3S. The highest BCUT2D eigenvalue weighted by Crippen LogP contribution is 2.28. The molecule has 5 heteroatoms. The van der Waals surface area contributed by atoms with Crippen molar-refractivity contribution in [2.24, 2.45) is 5.73 Å². The van der Waals surface area contributed by atoms with Gasteiger partial charge in [-0.2, -0.15) is 0 Å². The summed E-state index contributed by atoms with van der Waals surface area (Å²) in [5.41, 5.74) is 8.17. The van der Waals surface area contributed by atoms with Crippen molar-refractivity contribution < 1.29 is 14.6 Å². The molecule has 0 aliphatic rings. The topological polar surface area (TPSA) is 64.7 Å². The highest BCUT2D eigenvalue weighted by atomic mass is 32.1. The van der Waals surface area contributed by atoms with Crippen molar-refractivity contribution >= 4 is 17.2 Å². The Bertz CT molecular complexity index is 626. The summed E-state index contributed by atoms with van der Waals surface area (Å²) in [6.45, 7) is 0.379. The third-order valence-corrected chi connectivity index (χ3v) is 3.28. The van der Waals surface area contributed by atoms with Crippen molar-refractivity contribution in [1.29, 1.82) is 0 Å². The van der Waals surface area contributed by atoms with E-state index in [0.717, 1.165) is 16.7 Å². The van der Waals surface area contributed by atoms with E-state index in [1.165, 1.54) is 0 Å². The highest BCUT2D eigenvalue weighted by Gasteiger charge is 2.06. The molecule has 2 aromatic rings. The Morgan fingerprint density at radius 2 is 1.76 bits per heavy atom. The van der Waals surface area contributed by atoms with Gasteiger partial charge in [-0.05, 0) is 23.3 Å². The van der Waals surface area contributed by atoms with Gasteiger partial charge in [0.2, 0.25) is 0 Å². The van der Waals surface area contributed by atoms with Gasteiger partial charge in [0.1, 0.15) is 11.6 Å². The van der Waals surface area contributed by atoms with Crippen LogP contribution in [-0.4, -0.2) is 17.2 Å². The summed E-state index contributed by atoms with van der Waals surface area (Å²) in [6.07, 6.45) is 0. The lowest BCUT2D eigenvalue weighted by Crippen LogP contribution is -2.09. The lowest BCUT2D eigenvalue weighted by Gasteiger charge is -2.12. The maximum absolute atomic E-state index is 9.11. The molecule has 0 aliphatic heterocycles. The standard InChI is InChI=1S/C16H17NO3S/c1-19-15-8-12(9-18)4-7-14(15)20-10-11-2-5-13(6-3-11)16(17)21/h2-8,18H,9-10H2,1H3,(H2,17,21). The van der Waals surface area contributed by atoms with Crippen LogP contribution in [0.15, 0.2) is 42.5 Å². The van der Waals surface area contributed by atoms with Crippen LogP contribution in [0.4, 0.5) is 0 Å². The van der Waals surface area contributed by atoms with E-state index in [1.807, 2.05) is 24.3 Å². The van der Waals surface area contributed by atoms with Crippen molar-refractivity contribution in [3.05, 3.63) is 59.2 Å². The minimum atomic E-state index is -0.0307. The molecule has 2 rings (SSSR count). The van der Waals surface area contributed by atoms with Gasteiger partial charge in [0.25, 0.3) is 0 Å². The lowest BCUT2D eigenvalue weighted by atomic mass is 10.1. The smallest absolute Gasteiger partial charge is 0.161 e. The van der Waals surface area contributed by atoms with Gasteiger partial charge in [-0.1, -0.05) is 42.5 Å². The van der Waals surface area contributed by atoms with E-state index >= 15 is 0 Å². The second-order valence-electron chi connectivity index (χ2n) is 4.49. The molecular weight excluding hydrogens is 286 g/mol. The van der Waals surface area contributed by atoms with Crippen molar-refractivity contribution in [2.45, 2.75) is 13.2 Å². The van der Waals surface area contributed by atoms with Gasteiger partial charge in [0, 0.05) is 5.56 Å². The molecule has 0 aromatic heterocycles. The minimum Gasteiger partial charge on any atom is -0.493 e. The second kappa shape index (κ2) is 7.06. The van der Waals surface area contributed by atoms with E-state index in [9.17, 15) is 0 Å². The average Bonchev–Trinajstić information content (AvgIpc) is 2.53. The summed E-state index contributed by atoms with van der Waals surface area (Å²) in [4.78, 5) is 0.378. The van der Waals surface area contributed by atoms with Gasteiger partial charge >= 0.3 is 0 Å². The number of nitrogens with two attached hydrogens (primary N) is 1. The molecule has 0 saturated carbocycles. The first-order chi connectivity index (χ1) is 10.1. The molecule has 0 atom stereocenters. The summed E-state index contributed by atoms with van der Waals surface area (Å²) in [7, 11) is 1.57. The summed E-state index contributed by atoms with van der Waals surface area (Å²) < 4.78 is 11.0. The zero-order valence-corrected chi connectivity index (χ0v) is 12.5. The first-order valence-electron chi connectivity index (χ1n) is 6.43. The number of ether oxygens (including phenoxy) is 2. The van der Waals surface area contributed by atoms with Crippen LogP contribution in [0.25, 0.3) is 0 Å². The van der Waals surface area contributed by atoms with Crippen LogP contribution < -0.4 is 15.2 Å². The average molecular weight is 303 g/mol. The molecule has 110 valence electrons. The van der Waals surface area contributed by atoms with Crippen LogP contribution >= 0.6 is 12.2 Å². The predicted molar refractivity (Wildman–Crippen MR) is 85.6 cm³/mol. The fraction of sp³-hybridized carbons (Fsp3) is 0.188. The van der Waals surface area contributed by atoms with Gasteiger partial charge in [-0.15, -0.1) is 0 Å². The first kappa shape index (κ1) is 15.3. The summed E-state index contributed by atoms with van der Waals surface area (Å²) in [5.74, 6) is 1.23. The number of hydrogen-bond acceptors (Lipinski definition) is 4. The van der Waals surface area contributed by atoms with Gasteiger partial charge < -0.3 is 20.3 Å². The van der Waals surface area contributed by atoms with Gasteiger partial charge in [0.05, 0.1) is 13.7 Å². The Morgan fingerprint density at radius 1 is 1.10 bits per heavy atom. The maximum atomic E-state index is 9.11. The Hall–Kier alpha value is -2.11. The number of rotatable bonds is 6. The third kappa shape index (κ3) is 3.93. The van der Waals surface area contributed by atoms with E-state index in [0.29, 0.717) is 23.1 Å². The second-order valence-corrected chi connectivity index (χ2v) is 4.93. The zero-order valence-electron chi connectivity index (χ0n) is 11.7. The monoisotopic (exact) mass is 303 g/mol. The van der Waals surface area contributed by atoms with E-state index < -0.39 is 0 Å². The largest absolute Gasteiger partial charge is 0.493 e. The molecule has 0 amide bonds. The Morgan fingerprint density at radius 3 is 2.33 bits per heavy atom. The third-order valence-electron chi connectivity index (χ3n) is 3.04. The SMILES string of the molecule is COc1cc(CO)ccc1OCc1ccc(C(N)=S)cc1. The number of aliphatic hydroxyl groups is 1. The quantitative estimate of drug-likeness (QED) is 0.802. The number of aliphatic hydroxyl groups excluding tert-OH is 1. The molecule has 0 aliphatic carbocycles. The molecule has 21 heavy (non-hydrogen) atoms. The van der Waals surface area contributed by atoms with E-state index in [2.05, 4.69) is 0 Å². The highest BCUT2D eigenvalue weighted by molar-refractivity contribution is 7.80. The number of benzene rings is 2. The van der Waals surface area contributed by atoms with Crippen LogP contribution in [-0.2, 0) is 13.2 Å². The predicted octanol–water partition coefficient (Wildman–Crippen LogP) is 2.40. The molecule has 0 heterocycles. The minimum absolute atomic E-state index is 0.0307. The molecule has 0 saturated heterocycles. The Labute approximate surface area is 129 Å². The Kier molecular flexibility index (Phi) is 5.14. The Balaban J connectivity index is 2.07. The number of methoxy groups -OCH3 is 1. The lowest BCUT2D eigenvalue weighted by molar-refractivity contribution is 0.274. The maximum Gasteiger partial charge on any atom is 0.161 e. The summed E-state index contributed by atoms with van der Waals surface area (Å²) in [5, 5.41) is 9.11. The van der Waals surface area contributed by atoms with Crippen LogP contribution in [0.5, 0.6) is 11.5 Å². The van der Waals surface area contributed by atoms with Gasteiger partial charge in [-0.3, -0.25) is 0 Å².